The summed E-state index contributed by atoms with van der Waals surface area (Å²) in [6.07, 6.45) is 1.80. The minimum atomic E-state index is 0.461. The highest BCUT2D eigenvalue weighted by Gasteiger charge is 2.05. The van der Waals surface area contributed by atoms with Crippen LogP contribution in [0.5, 0.6) is 0 Å². The zero-order chi connectivity index (χ0) is 13.0. The minimum Gasteiger partial charge on any atom is -0.369 e. The Morgan fingerprint density at radius 3 is 2.72 bits per heavy atom. The van der Waals surface area contributed by atoms with E-state index < -0.39 is 0 Å². The van der Waals surface area contributed by atoms with Crippen molar-refractivity contribution in [1.29, 1.82) is 0 Å². The molecule has 0 fully saturated rings. The first-order chi connectivity index (χ1) is 8.70. The van der Waals surface area contributed by atoms with Gasteiger partial charge in [0.1, 0.15) is 0 Å². The number of nitrogens with zero attached hydrogens (tertiary/aromatic N) is 2. The molecule has 2 N–H and O–H groups in total. The van der Waals surface area contributed by atoms with E-state index in [1.54, 1.807) is 6.20 Å². The summed E-state index contributed by atoms with van der Waals surface area (Å²) >= 11 is 6.15. The molecule has 0 atom stereocenters. The summed E-state index contributed by atoms with van der Waals surface area (Å²) in [5.74, 6) is 0. The van der Waals surface area contributed by atoms with Crippen molar-refractivity contribution in [2.45, 2.75) is 13.1 Å². The third-order valence-electron chi connectivity index (χ3n) is 2.82. The molecule has 1 heterocycles. The molecule has 3 nitrogen and oxygen atoms in total. The Balaban J connectivity index is 2.14. The van der Waals surface area contributed by atoms with E-state index in [2.05, 4.69) is 9.88 Å². The van der Waals surface area contributed by atoms with Gasteiger partial charge in [-0.3, -0.25) is 4.98 Å². The molecule has 1 aromatic carbocycles. The van der Waals surface area contributed by atoms with E-state index in [1.807, 2.05) is 43.4 Å². The van der Waals surface area contributed by atoms with E-state index in [9.17, 15) is 0 Å². The number of hydrogen-bond acceptors (Lipinski definition) is 3. The van der Waals surface area contributed by atoms with Crippen molar-refractivity contribution in [3.63, 3.8) is 0 Å². The van der Waals surface area contributed by atoms with Crippen LogP contribution < -0.4 is 10.6 Å². The second kappa shape index (κ2) is 5.85. The van der Waals surface area contributed by atoms with Crippen LogP contribution in [0.2, 0.25) is 5.02 Å². The van der Waals surface area contributed by atoms with Gasteiger partial charge in [-0.2, -0.15) is 0 Å². The Labute approximate surface area is 112 Å². The van der Waals surface area contributed by atoms with Gasteiger partial charge < -0.3 is 10.6 Å². The van der Waals surface area contributed by atoms with Crippen molar-refractivity contribution >= 4 is 17.3 Å². The van der Waals surface area contributed by atoms with Crippen LogP contribution in [0.15, 0.2) is 42.6 Å². The molecule has 0 bridgehead atoms. The molecule has 2 rings (SSSR count). The van der Waals surface area contributed by atoms with Crippen LogP contribution >= 0.6 is 11.6 Å². The Hall–Kier alpha value is -1.58. The van der Waals surface area contributed by atoms with E-state index >= 15 is 0 Å². The van der Waals surface area contributed by atoms with E-state index in [0.717, 1.165) is 23.5 Å². The zero-order valence-corrected chi connectivity index (χ0v) is 11.1. The van der Waals surface area contributed by atoms with Crippen LogP contribution in [0.3, 0.4) is 0 Å². The summed E-state index contributed by atoms with van der Waals surface area (Å²) in [7, 11) is 2.02. The highest BCUT2D eigenvalue weighted by Crippen LogP contribution is 2.23. The quantitative estimate of drug-likeness (QED) is 0.920. The highest BCUT2D eigenvalue weighted by molar-refractivity contribution is 6.31. The van der Waals surface area contributed by atoms with E-state index in [0.29, 0.717) is 11.6 Å². The Morgan fingerprint density at radius 1 is 1.28 bits per heavy atom. The molecule has 94 valence electrons. The lowest BCUT2D eigenvalue weighted by atomic mass is 10.2. The Bertz CT molecular complexity index is 514. The molecule has 0 spiro atoms. The van der Waals surface area contributed by atoms with E-state index in [-0.39, 0.29) is 0 Å². The van der Waals surface area contributed by atoms with Gasteiger partial charge >= 0.3 is 0 Å². The van der Waals surface area contributed by atoms with Gasteiger partial charge in [0.2, 0.25) is 0 Å². The second-order valence-corrected chi connectivity index (χ2v) is 4.56. The third-order valence-corrected chi connectivity index (χ3v) is 3.17. The van der Waals surface area contributed by atoms with Crippen molar-refractivity contribution in [2.24, 2.45) is 5.73 Å². The maximum atomic E-state index is 6.15. The van der Waals surface area contributed by atoms with Gasteiger partial charge in [-0.05, 0) is 29.8 Å². The molecule has 0 saturated carbocycles. The fourth-order valence-corrected chi connectivity index (χ4v) is 2.02. The topological polar surface area (TPSA) is 42.2 Å². The lowest BCUT2D eigenvalue weighted by Gasteiger charge is -2.19. The summed E-state index contributed by atoms with van der Waals surface area (Å²) in [5.41, 5.74) is 8.64. The number of nitrogens with two attached hydrogens (primary N) is 1. The van der Waals surface area contributed by atoms with Crippen molar-refractivity contribution in [3.05, 3.63) is 58.9 Å². The first-order valence-corrected chi connectivity index (χ1v) is 6.18. The van der Waals surface area contributed by atoms with Crippen LogP contribution in [-0.2, 0) is 13.1 Å². The molecule has 4 heteroatoms. The normalized spacial score (nSPS) is 10.4. The molecule has 0 saturated heterocycles. The monoisotopic (exact) mass is 261 g/mol. The SMILES string of the molecule is CN(Cc1ccccn1)c1ccc(CN)c(Cl)c1. The minimum absolute atomic E-state index is 0.461. The number of anilines is 1. The molecule has 0 amide bonds. The number of hydrogen-bond donors (Lipinski definition) is 1. The summed E-state index contributed by atoms with van der Waals surface area (Å²) in [5, 5.41) is 0.711. The van der Waals surface area contributed by atoms with Gasteiger partial charge in [0, 0.05) is 30.5 Å². The van der Waals surface area contributed by atoms with Crippen LogP contribution in [0.4, 0.5) is 5.69 Å². The van der Waals surface area contributed by atoms with Crippen molar-refractivity contribution in [1.82, 2.24) is 4.98 Å². The average molecular weight is 262 g/mol. The molecule has 2 aromatic rings. The van der Waals surface area contributed by atoms with Gasteiger partial charge in [-0.1, -0.05) is 23.7 Å². The first kappa shape index (κ1) is 12.9. The molecule has 0 aliphatic carbocycles. The average Bonchev–Trinajstić information content (AvgIpc) is 2.39. The number of halogens is 1. The Morgan fingerprint density at radius 2 is 2.11 bits per heavy atom. The van der Waals surface area contributed by atoms with Crippen molar-refractivity contribution < 1.29 is 0 Å². The van der Waals surface area contributed by atoms with Gasteiger partial charge in [0.25, 0.3) is 0 Å². The molecular formula is C14H16ClN3. The van der Waals surface area contributed by atoms with Gasteiger partial charge in [-0.25, -0.2) is 0 Å². The number of pyridine rings is 1. The predicted octanol–water partition coefficient (Wildman–Crippen LogP) is 2.83. The van der Waals surface area contributed by atoms with Crippen LogP contribution in [0.1, 0.15) is 11.3 Å². The van der Waals surface area contributed by atoms with Gasteiger partial charge in [0.15, 0.2) is 0 Å². The fourth-order valence-electron chi connectivity index (χ4n) is 1.77. The molecule has 0 radical (unpaired) electrons. The smallest absolute Gasteiger partial charge is 0.0598 e. The Kier molecular flexibility index (Phi) is 4.18. The van der Waals surface area contributed by atoms with Gasteiger partial charge in [-0.15, -0.1) is 0 Å². The summed E-state index contributed by atoms with van der Waals surface area (Å²) in [6, 6.07) is 11.8. The molecule has 18 heavy (non-hydrogen) atoms. The number of benzene rings is 1. The molecule has 0 aliphatic heterocycles. The van der Waals surface area contributed by atoms with Crippen LogP contribution in [-0.4, -0.2) is 12.0 Å². The summed E-state index contributed by atoms with van der Waals surface area (Å²) in [6.45, 7) is 1.21. The lowest BCUT2D eigenvalue weighted by molar-refractivity contribution is 0.884. The molecular weight excluding hydrogens is 246 g/mol. The van der Waals surface area contributed by atoms with Gasteiger partial charge in [0.05, 0.1) is 12.2 Å². The molecule has 1 aromatic heterocycles. The lowest BCUT2D eigenvalue weighted by Crippen LogP contribution is -2.17. The molecule has 0 aliphatic rings. The predicted molar refractivity (Wildman–Crippen MR) is 75.7 cm³/mol. The zero-order valence-electron chi connectivity index (χ0n) is 10.3. The number of aromatic nitrogens is 1. The van der Waals surface area contributed by atoms with E-state index in [4.69, 9.17) is 17.3 Å². The first-order valence-electron chi connectivity index (χ1n) is 5.80. The standard InChI is InChI=1S/C14H16ClN3/c1-18(10-12-4-2-3-7-17-12)13-6-5-11(9-16)14(15)8-13/h2-8H,9-10,16H2,1H3. The summed E-state index contributed by atoms with van der Waals surface area (Å²) < 4.78 is 0. The van der Waals surface area contributed by atoms with Crippen molar-refractivity contribution in [2.75, 3.05) is 11.9 Å². The summed E-state index contributed by atoms with van der Waals surface area (Å²) in [4.78, 5) is 6.41. The maximum absolute atomic E-state index is 6.15. The molecule has 0 unspecified atom stereocenters. The second-order valence-electron chi connectivity index (χ2n) is 4.16. The maximum Gasteiger partial charge on any atom is 0.0598 e. The highest BCUT2D eigenvalue weighted by atomic mass is 35.5. The van der Waals surface area contributed by atoms with Crippen LogP contribution in [0.25, 0.3) is 0 Å². The largest absolute Gasteiger partial charge is 0.369 e. The number of rotatable bonds is 4. The third kappa shape index (κ3) is 3.00. The van der Waals surface area contributed by atoms with E-state index in [1.165, 1.54) is 0 Å². The van der Waals surface area contributed by atoms with Crippen molar-refractivity contribution in [3.8, 4) is 0 Å². The van der Waals surface area contributed by atoms with Crippen LogP contribution in [0, 0.1) is 0 Å². The fraction of sp³-hybridized carbons (Fsp3) is 0.214.